The zero-order valence-corrected chi connectivity index (χ0v) is 10.4. The maximum Gasteiger partial charge on any atom is 0.272 e. The first-order chi connectivity index (χ1) is 8.53. The molecule has 0 bridgehead atoms. The van der Waals surface area contributed by atoms with Crippen molar-refractivity contribution in [2.24, 2.45) is 0 Å². The Morgan fingerprint density at radius 3 is 2.83 bits per heavy atom. The van der Waals surface area contributed by atoms with E-state index in [-0.39, 0.29) is 11.7 Å². The summed E-state index contributed by atoms with van der Waals surface area (Å²) >= 11 is 0. The number of H-pyrrole nitrogens is 1. The first-order valence-electron chi connectivity index (χ1n) is 5.81. The van der Waals surface area contributed by atoms with Gasteiger partial charge >= 0.3 is 0 Å². The molecule has 18 heavy (non-hydrogen) atoms. The molecule has 2 aliphatic rings. The lowest BCUT2D eigenvalue weighted by atomic mass is 10.2. The zero-order chi connectivity index (χ0) is 12.8. The van der Waals surface area contributed by atoms with Crippen LogP contribution >= 0.6 is 0 Å². The maximum atomic E-state index is 11.8. The number of carbonyl (C=O) groups is 1. The molecule has 1 fully saturated rings. The van der Waals surface area contributed by atoms with Crippen LogP contribution < -0.4 is 5.32 Å². The number of carbonyl (C=O) groups excluding carboxylic acids is 1. The summed E-state index contributed by atoms with van der Waals surface area (Å²) in [5, 5.41) is 10.6. The maximum absolute atomic E-state index is 11.8. The highest BCUT2D eigenvalue weighted by atomic mass is 32.2. The fourth-order valence-corrected chi connectivity index (χ4v) is 3.20. The van der Waals surface area contributed by atoms with Gasteiger partial charge in [-0.25, -0.2) is 8.42 Å². The van der Waals surface area contributed by atoms with Gasteiger partial charge in [-0.15, -0.1) is 0 Å². The predicted octanol–water partition coefficient (Wildman–Crippen LogP) is 0.328. The van der Waals surface area contributed by atoms with Gasteiger partial charge in [0.2, 0.25) is 0 Å². The lowest BCUT2D eigenvalue weighted by molar-refractivity contribution is 0.0942. The molecule has 96 valence electrons. The monoisotopic (exact) mass is 267 g/mol. The zero-order valence-electron chi connectivity index (χ0n) is 9.59. The Labute approximate surface area is 104 Å². The molecule has 3 rings (SSSR count). The summed E-state index contributed by atoms with van der Waals surface area (Å²) < 4.78 is 22.4. The van der Waals surface area contributed by atoms with Crippen molar-refractivity contribution in [2.45, 2.75) is 24.8 Å². The van der Waals surface area contributed by atoms with Crippen LogP contribution in [0.25, 0.3) is 0 Å². The van der Waals surface area contributed by atoms with Gasteiger partial charge in [-0.2, -0.15) is 5.10 Å². The average Bonchev–Trinajstić information content (AvgIpc) is 2.93. The second-order valence-corrected chi connectivity index (χ2v) is 6.65. The number of aromatic nitrogens is 2. The molecule has 1 aromatic rings. The van der Waals surface area contributed by atoms with E-state index in [0.29, 0.717) is 11.6 Å². The van der Waals surface area contributed by atoms with E-state index in [1.807, 2.05) is 0 Å². The van der Waals surface area contributed by atoms with E-state index in [9.17, 15) is 13.2 Å². The number of rotatable bonds is 3. The first-order valence-corrected chi connectivity index (χ1v) is 7.52. The number of amides is 1. The highest BCUT2D eigenvalue weighted by Crippen LogP contribution is 2.38. The standard InChI is InChI=1S/C11H13N3O3S/c15-11(12-8-3-4-18(16,17)6-8)10-5-9(13-14-10)7-1-2-7/h3-5,7-8H,1-2,6H2,(H,12,15)(H,13,14). The minimum Gasteiger partial charge on any atom is -0.343 e. The molecule has 1 unspecified atom stereocenters. The molecular weight excluding hydrogens is 254 g/mol. The van der Waals surface area contributed by atoms with Gasteiger partial charge in [0.15, 0.2) is 9.84 Å². The van der Waals surface area contributed by atoms with Gasteiger partial charge in [0, 0.05) is 17.0 Å². The van der Waals surface area contributed by atoms with Gasteiger partial charge in [0.05, 0.1) is 11.8 Å². The van der Waals surface area contributed by atoms with Gasteiger partial charge in [-0.3, -0.25) is 9.89 Å². The van der Waals surface area contributed by atoms with Crippen LogP contribution in [0.5, 0.6) is 0 Å². The molecule has 1 atom stereocenters. The molecule has 2 heterocycles. The second kappa shape index (κ2) is 3.94. The summed E-state index contributed by atoms with van der Waals surface area (Å²) in [5.74, 6) is 0.0919. The summed E-state index contributed by atoms with van der Waals surface area (Å²) in [6.45, 7) is 0. The topological polar surface area (TPSA) is 91.9 Å². The molecule has 0 saturated heterocycles. The molecule has 2 N–H and O–H groups in total. The number of hydrogen-bond donors (Lipinski definition) is 2. The Bertz CT molecular complexity index is 613. The highest BCUT2D eigenvalue weighted by molar-refractivity contribution is 7.94. The van der Waals surface area contributed by atoms with Crippen LogP contribution in [0.4, 0.5) is 0 Å². The van der Waals surface area contributed by atoms with E-state index in [1.165, 1.54) is 6.08 Å². The Morgan fingerprint density at radius 2 is 2.22 bits per heavy atom. The van der Waals surface area contributed by atoms with Gasteiger partial charge in [0.1, 0.15) is 5.69 Å². The van der Waals surface area contributed by atoms with Crippen LogP contribution in [0.2, 0.25) is 0 Å². The summed E-state index contributed by atoms with van der Waals surface area (Å²) in [7, 11) is -3.15. The van der Waals surface area contributed by atoms with Crippen molar-refractivity contribution in [2.75, 3.05) is 5.75 Å². The van der Waals surface area contributed by atoms with E-state index in [2.05, 4.69) is 15.5 Å². The fourth-order valence-electron chi connectivity index (χ4n) is 1.96. The molecule has 6 nitrogen and oxygen atoms in total. The molecular formula is C11H13N3O3S. The van der Waals surface area contributed by atoms with Crippen molar-refractivity contribution in [1.82, 2.24) is 15.5 Å². The minimum atomic E-state index is -3.15. The molecule has 1 amide bonds. The van der Waals surface area contributed by atoms with Crippen molar-refractivity contribution in [3.63, 3.8) is 0 Å². The van der Waals surface area contributed by atoms with E-state index >= 15 is 0 Å². The van der Waals surface area contributed by atoms with Gasteiger partial charge < -0.3 is 5.32 Å². The summed E-state index contributed by atoms with van der Waals surface area (Å²) in [6, 6.07) is 1.28. The largest absolute Gasteiger partial charge is 0.343 e. The quantitative estimate of drug-likeness (QED) is 0.825. The molecule has 0 radical (unpaired) electrons. The van der Waals surface area contributed by atoms with E-state index in [1.54, 1.807) is 6.07 Å². The molecule has 7 heteroatoms. The predicted molar refractivity (Wildman–Crippen MR) is 64.7 cm³/mol. The van der Waals surface area contributed by atoms with Gasteiger partial charge in [0.25, 0.3) is 5.91 Å². The Kier molecular flexibility index (Phi) is 2.51. The smallest absolute Gasteiger partial charge is 0.272 e. The third kappa shape index (κ3) is 2.31. The second-order valence-electron chi connectivity index (χ2n) is 4.72. The average molecular weight is 267 g/mol. The third-order valence-corrected chi connectivity index (χ3v) is 4.49. The fraction of sp³-hybridized carbons (Fsp3) is 0.455. The van der Waals surface area contributed by atoms with Gasteiger partial charge in [-0.1, -0.05) is 0 Å². The molecule has 1 aromatic heterocycles. The van der Waals surface area contributed by atoms with Crippen molar-refractivity contribution < 1.29 is 13.2 Å². The van der Waals surface area contributed by atoms with Crippen molar-refractivity contribution >= 4 is 15.7 Å². The molecule has 1 saturated carbocycles. The van der Waals surface area contributed by atoms with Gasteiger partial charge in [-0.05, 0) is 25.0 Å². The molecule has 1 aliphatic carbocycles. The summed E-state index contributed by atoms with van der Waals surface area (Å²) in [4.78, 5) is 11.8. The van der Waals surface area contributed by atoms with E-state index in [4.69, 9.17) is 0 Å². The normalized spacial score (nSPS) is 25.2. The minimum absolute atomic E-state index is 0.0708. The summed E-state index contributed by atoms with van der Waals surface area (Å²) in [5.41, 5.74) is 1.30. The van der Waals surface area contributed by atoms with E-state index < -0.39 is 15.9 Å². The molecule has 1 aliphatic heterocycles. The van der Waals surface area contributed by atoms with Crippen molar-refractivity contribution in [3.8, 4) is 0 Å². The van der Waals surface area contributed by atoms with Crippen LogP contribution in [0.3, 0.4) is 0 Å². The van der Waals surface area contributed by atoms with Crippen LogP contribution in [-0.2, 0) is 9.84 Å². The Morgan fingerprint density at radius 1 is 1.44 bits per heavy atom. The Hall–Kier alpha value is -1.63. The molecule has 0 aromatic carbocycles. The third-order valence-electron chi connectivity index (χ3n) is 3.09. The van der Waals surface area contributed by atoms with Crippen molar-refractivity contribution in [1.29, 1.82) is 0 Å². The number of nitrogens with one attached hydrogen (secondary N) is 2. The molecule has 0 spiro atoms. The Balaban J connectivity index is 1.66. The van der Waals surface area contributed by atoms with Crippen LogP contribution in [-0.4, -0.2) is 36.3 Å². The van der Waals surface area contributed by atoms with E-state index in [0.717, 1.165) is 23.9 Å². The highest BCUT2D eigenvalue weighted by Gasteiger charge is 2.28. The first kappa shape index (κ1) is 11.5. The number of hydrogen-bond acceptors (Lipinski definition) is 4. The van der Waals surface area contributed by atoms with Crippen LogP contribution in [0.1, 0.15) is 34.9 Å². The number of aromatic amines is 1. The summed E-state index contributed by atoms with van der Waals surface area (Å²) in [6.07, 6.45) is 3.75. The van der Waals surface area contributed by atoms with Crippen LogP contribution in [0.15, 0.2) is 17.6 Å². The van der Waals surface area contributed by atoms with Crippen molar-refractivity contribution in [3.05, 3.63) is 28.9 Å². The number of sulfone groups is 1. The lowest BCUT2D eigenvalue weighted by Crippen LogP contribution is -2.35. The number of nitrogens with zero attached hydrogens (tertiary/aromatic N) is 1. The van der Waals surface area contributed by atoms with Crippen LogP contribution in [0, 0.1) is 0 Å². The SMILES string of the molecule is O=C(NC1C=CS(=O)(=O)C1)c1cc(C2CC2)[nH]n1. The lowest BCUT2D eigenvalue weighted by Gasteiger charge is -2.07.